The van der Waals surface area contributed by atoms with E-state index in [0.717, 1.165) is 17.8 Å². The van der Waals surface area contributed by atoms with Gasteiger partial charge in [0.15, 0.2) is 0 Å². The minimum atomic E-state index is -0.0751. The Labute approximate surface area is 135 Å². The predicted molar refractivity (Wildman–Crippen MR) is 91.5 cm³/mol. The molecule has 0 aliphatic heterocycles. The highest BCUT2D eigenvalue weighted by Gasteiger charge is 2.31. The fourth-order valence-electron chi connectivity index (χ4n) is 5.04. The molecule has 0 N–H and O–H groups in total. The van der Waals surface area contributed by atoms with E-state index >= 15 is 0 Å². The molecule has 0 heterocycles. The van der Waals surface area contributed by atoms with Crippen LogP contribution in [0.15, 0.2) is 24.3 Å². The average molecular weight is 302 g/mol. The van der Waals surface area contributed by atoms with Crippen LogP contribution in [0.3, 0.4) is 0 Å². The van der Waals surface area contributed by atoms with Crippen LogP contribution in [0.25, 0.3) is 0 Å². The second-order valence-corrected chi connectivity index (χ2v) is 7.74. The Hall–Kier alpha value is -0.850. The Bertz CT molecular complexity index is 451. The van der Waals surface area contributed by atoms with Crippen LogP contribution >= 0.6 is 0 Å². The summed E-state index contributed by atoms with van der Waals surface area (Å²) < 4.78 is 13.4. The van der Waals surface area contributed by atoms with Crippen LogP contribution < -0.4 is 0 Å². The Morgan fingerprint density at radius 2 is 1.55 bits per heavy atom. The van der Waals surface area contributed by atoms with Crippen LogP contribution in [-0.2, 0) is 0 Å². The van der Waals surface area contributed by atoms with Crippen molar-refractivity contribution in [2.24, 2.45) is 17.8 Å². The molecule has 2 aliphatic carbocycles. The Kier molecular flexibility index (Phi) is 5.55. The maximum absolute atomic E-state index is 13.4. The minimum absolute atomic E-state index is 0.0751. The summed E-state index contributed by atoms with van der Waals surface area (Å²) in [6.07, 6.45) is 14.0. The van der Waals surface area contributed by atoms with Gasteiger partial charge < -0.3 is 0 Å². The van der Waals surface area contributed by atoms with Crippen LogP contribution in [0.1, 0.15) is 82.6 Å². The first-order chi connectivity index (χ1) is 10.8. The minimum Gasteiger partial charge on any atom is -0.207 e. The van der Waals surface area contributed by atoms with Gasteiger partial charge in [-0.05, 0) is 79.9 Å². The molecule has 0 atom stereocenters. The molecule has 22 heavy (non-hydrogen) atoms. The van der Waals surface area contributed by atoms with E-state index in [0.29, 0.717) is 5.92 Å². The Balaban J connectivity index is 1.48. The Morgan fingerprint density at radius 1 is 0.909 bits per heavy atom. The van der Waals surface area contributed by atoms with Crippen molar-refractivity contribution in [1.29, 1.82) is 0 Å². The molecular formula is C21H31F. The van der Waals surface area contributed by atoms with Gasteiger partial charge in [-0.1, -0.05) is 44.7 Å². The maximum atomic E-state index is 13.4. The normalized spacial score (nSPS) is 32.8. The second-order valence-electron chi connectivity index (χ2n) is 7.74. The fraction of sp³-hybridized carbons (Fsp3) is 0.714. The van der Waals surface area contributed by atoms with E-state index in [-0.39, 0.29) is 5.82 Å². The van der Waals surface area contributed by atoms with Gasteiger partial charge in [0.25, 0.3) is 0 Å². The van der Waals surface area contributed by atoms with E-state index < -0.39 is 0 Å². The van der Waals surface area contributed by atoms with Crippen molar-refractivity contribution in [1.82, 2.24) is 0 Å². The number of hydrogen-bond acceptors (Lipinski definition) is 0. The van der Waals surface area contributed by atoms with Gasteiger partial charge in [-0.25, -0.2) is 4.39 Å². The monoisotopic (exact) mass is 302 g/mol. The van der Waals surface area contributed by atoms with Crippen LogP contribution in [-0.4, -0.2) is 0 Å². The molecule has 0 aromatic heterocycles. The summed E-state index contributed by atoms with van der Waals surface area (Å²) >= 11 is 0. The van der Waals surface area contributed by atoms with Gasteiger partial charge in [-0.3, -0.25) is 0 Å². The van der Waals surface area contributed by atoms with Gasteiger partial charge in [0.1, 0.15) is 5.82 Å². The molecule has 122 valence electrons. The van der Waals surface area contributed by atoms with Crippen molar-refractivity contribution < 1.29 is 4.39 Å². The van der Waals surface area contributed by atoms with E-state index in [1.807, 2.05) is 6.07 Å². The van der Waals surface area contributed by atoms with Crippen LogP contribution in [0.4, 0.5) is 4.39 Å². The summed E-state index contributed by atoms with van der Waals surface area (Å²) in [5, 5.41) is 0. The lowest BCUT2D eigenvalue weighted by atomic mass is 9.68. The van der Waals surface area contributed by atoms with Crippen molar-refractivity contribution in [2.75, 3.05) is 0 Å². The molecule has 1 aromatic rings. The molecule has 0 radical (unpaired) electrons. The van der Waals surface area contributed by atoms with Gasteiger partial charge >= 0.3 is 0 Å². The number of hydrogen-bond donors (Lipinski definition) is 0. The first kappa shape index (κ1) is 16.0. The lowest BCUT2D eigenvalue weighted by molar-refractivity contribution is 0.156. The Morgan fingerprint density at radius 3 is 2.14 bits per heavy atom. The molecule has 1 aromatic carbocycles. The quantitative estimate of drug-likeness (QED) is 0.580. The van der Waals surface area contributed by atoms with Crippen molar-refractivity contribution in [3.63, 3.8) is 0 Å². The molecule has 3 rings (SSSR count). The summed E-state index contributed by atoms with van der Waals surface area (Å²) in [4.78, 5) is 0. The van der Waals surface area contributed by atoms with Crippen LogP contribution in [0.2, 0.25) is 0 Å². The third kappa shape index (κ3) is 3.91. The number of halogens is 1. The van der Waals surface area contributed by atoms with Crippen LogP contribution in [0.5, 0.6) is 0 Å². The standard InChI is InChI=1S/C21H31F/c1-2-4-16-7-9-17(10-8-16)18-11-13-19(14-12-18)20-5-3-6-21(22)15-20/h3,5-6,15-19H,2,4,7-14H2,1H3/t16-,17-,18?,19?. The van der Waals surface area contributed by atoms with Gasteiger partial charge in [-0.2, -0.15) is 0 Å². The van der Waals surface area contributed by atoms with Crippen LogP contribution in [0, 0.1) is 23.6 Å². The lowest BCUT2D eigenvalue weighted by Crippen LogP contribution is -2.25. The van der Waals surface area contributed by atoms with Gasteiger partial charge in [0.05, 0.1) is 0 Å². The molecule has 0 nitrogen and oxygen atoms in total. The lowest BCUT2D eigenvalue weighted by Gasteiger charge is -2.38. The zero-order valence-electron chi connectivity index (χ0n) is 14.1. The summed E-state index contributed by atoms with van der Waals surface area (Å²) in [5.41, 5.74) is 1.23. The number of rotatable bonds is 4. The molecule has 0 unspecified atom stereocenters. The summed E-state index contributed by atoms with van der Waals surface area (Å²) in [5.74, 6) is 3.48. The summed E-state index contributed by atoms with van der Waals surface area (Å²) in [7, 11) is 0. The third-order valence-corrected chi connectivity index (χ3v) is 6.35. The number of benzene rings is 1. The van der Waals surface area contributed by atoms with Crippen molar-refractivity contribution >= 4 is 0 Å². The van der Waals surface area contributed by atoms with E-state index in [1.165, 1.54) is 69.8 Å². The van der Waals surface area contributed by atoms with Gasteiger partial charge in [0, 0.05) is 0 Å². The molecule has 2 aliphatic rings. The zero-order valence-corrected chi connectivity index (χ0v) is 14.1. The SMILES string of the molecule is CCC[C@H]1CC[C@H](C2CCC(c3cccc(F)c3)CC2)CC1. The van der Waals surface area contributed by atoms with E-state index in [1.54, 1.807) is 12.1 Å². The van der Waals surface area contributed by atoms with Crippen molar-refractivity contribution in [2.45, 2.75) is 77.0 Å². The summed E-state index contributed by atoms with van der Waals surface area (Å²) in [6.45, 7) is 2.32. The second kappa shape index (κ2) is 7.62. The molecule has 1 heteroatoms. The third-order valence-electron chi connectivity index (χ3n) is 6.35. The van der Waals surface area contributed by atoms with Gasteiger partial charge in [0.2, 0.25) is 0 Å². The zero-order chi connectivity index (χ0) is 15.4. The highest BCUT2D eigenvalue weighted by atomic mass is 19.1. The largest absolute Gasteiger partial charge is 0.207 e. The predicted octanol–water partition coefficient (Wildman–Crippen LogP) is 6.71. The first-order valence-electron chi connectivity index (χ1n) is 9.51. The maximum Gasteiger partial charge on any atom is 0.123 e. The molecule has 0 spiro atoms. The van der Waals surface area contributed by atoms with Gasteiger partial charge in [-0.15, -0.1) is 0 Å². The highest BCUT2D eigenvalue weighted by molar-refractivity contribution is 5.21. The van der Waals surface area contributed by atoms with E-state index in [9.17, 15) is 4.39 Å². The molecule has 0 amide bonds. The fourth-order valence-corrected chi connectivity index (χ4v) is 5.04. The van der Waals surface area contributed by atoms with E-state index in [4.69, 9.17) is 0 Å². The highest BCUT2D eigenvalue weighted by Crippen LogP contribution is 2.44. The van der Waals surface area contributed by atoms with Crippen molar-refractivity contribution in [3.8, 4) is 0 Å². The topological polar surface area (TPSA) is 0 Å². The molecule has 2 fully saturated rings. The van der Waals surface area contributed by atoms with Crippen molar-refractivity contribution in [3.05, 3.63) is 35.6 Å². The average Bonchev–Trinajstić information content (AvgIpc) is 2.56. The van der Waals surface area contributed by atoms with E-state index in [2.05, 4.69) is 13.0 Å². The molecule has 0 saturated heterocycles. The smallest absolute Gasteiger partial charge is 0.123 e. The molecule has 2 saturated carbocycles. The molecule has 0 bridgehead atoms. The first-order valence-corrected chi connectivity index (χ1v) is 9.51. The summed E-state index contributed by atoms with van der Waals surface area (Å²) in [6, 6.07) is 7.29. The molecular weight excluding hydrogens is 271 g/mol.